The van der Waals surface area contributed by atoms with E-state index in [9.17, 15) is 19.2 Å². The van der Waals surface area contributed by atoms with E-state index in [0.717, 1.165) is 0 Å². The molecular formula is C29H23NO6. The Labute approximate surface area is 206 Å². The van der Waals surface area contributed by atoms with Crippen molar-refractivity contribution in [2.75, 3.05) is 6.54 Å². The largest absolute Gasteiger partial charge is 0.452 e. The number of imide groups is 1. The van der Waals surface area contributed by atoms with Gasteiger partial charge >= 0.3 is 5.97 Å². The first-order valence-corrected chi connectivity index (χ1v) is 11.8. The molecule has 0 saturated heterocycles. The Kier molecular flexibility index (Phi) is 6.45. The van der Waals surface area contributed by atoms with E-state index in [4.69, 9.17) is 9.15 Å². The average Bonchev–Trinajstić information content (AvgIpc) is 3.15. The first kappa shape index (κ1) is 23.2. The summed E-state index contributed by atoms with van der Waals surface area (Å²) in [7, 11) is 0. The number of fused-ring (bicyclic) bond motifs is 2. The normalized spacial score (nSPS) is 12.7. The first-order valence-electron chi connectivity index (χ1n) is 11.8. The van der Waals surface area contributed by atoms with Crippen molar-refractivity contribution in [1.29, 1.82) is 0 Å². The number of ether oxygens (including phenoxy) is 1. The number of amides is 2. The van der Waals surface area contributed by atoms with Crippen LogP contribution in [-0.2, 0) is 4.79 Å². The van der Waals surface area contributed by atoms with Gasteiger partial charge in [0.1, 0.15) is 5.58 Å². The smallest absolute Gasteiger partial charge is 0.311 e. The lowest BCUT2D eigenvalue weighted by atomic mass is 10.1. The van der Waals surface area contributed by atoms with E-state index in [1.807, 2.05) is 18.2 Å². The number of carbonyl (C=O) groups excluding carboxylic acids is 3. The van der Waals surface area contributed by atoms with E-state index in [2.05, 4.69) is 0 Å². The van der Waals surface area contributed by atoms with Crippen LogP contribution in [0.1, 0.15) is 46.4 Å². The van der Waals surface area contributed by atoms with Crippen LogP contribution in [0, 0.1) is 0 Å². The molecule has 180 valence electrons. The summed E-state index contributed by atoms with van der Waals surface area (Å²) in [5, 5.41) is 0.334. The Balaban J connectivity index is 1.22. The van der Waals surface area contributed by atoms with Crippen LogP contribution in [0.15, 0.2) is 88.1 Å². The summed E-state index contributed by atoms with van der Waals surface area (Å²) in [5.41, 5.74) is 1.48. The van der Waals surface area contributed by atoms with Gasteiger partial charge in [-0.3, -0.25) is 24.1 Å². The molecule has 1 aliphatic rings. The van der Waals surface area contributed by atoms with Crippen molar-refractivity contribution in [1.82, 2.24) is 4.90 Å². The van der Waals surface area contributed by atoms with Crippen molar-refractivity contribution in [2.45, 2.75) is 25.7 Å². The molecule has 0 aliphatic carbocycles. The van der Waals surface area contributed by atoms with Crippen LogP contribution in [0.4, 0.5) is 0 Å². The maximum Gasteiger partial charge on any atom is 0.311 e. The van der Waals surface area contributed by atoms with Crippen molar-refractivity contribution in [3.63, 3.8) is 0 Å². The van der Waals surface area contributed by atoms with Crippen molar-refractivity contribution < 1.29 is 23.5 Å². The quantitative estimate of drug-likeness (QED) is 0.195. The number of hydrogen-bond acceptors (Lipinski definition) is 6. The van der Waals surface area contributed by atoms with Crippen LogP contribution < -0.4 is 10.2 Å². The number of benzene rings is 3. The van der Waals surface area contributed by atoms with Crippen molar-refractivity contribution in [3.8, 4) is 17.1 Å². The van der Waals surface area contributed by atoms with Gasteiger partial charge in [-0.1, -0.05) is 61.0 Å². The molecule has 36 heavy (non-hydrogen) atoms. The predicted octanol–water partition coefficient (Wildman–Crippen LogP) is 5.22. The molecule has 0 unspecified atom stereocenters. The van der Waals surface area contributed by atoms with Gasteiger partial charge in [-0.05, 0) is 37.1 Å². The maximum absolute atomic E-state index is 13.1. The minimum atomic E-state index is -0.546. The number of esters is 1. The predicted molar refractivity (Wildman–Crippen MR) is 134 cm³/mol. The maximum atomic E-state index is 13.1. The summed E-state index contributed by atoms with van der Waals surface area (Å²) in [6.45, 7) is 0.286. The van der Waals surface area contributed by atoms with E-state index in [1.165, 1.54) is 4.90 Å². The third-order valence-electron chi connectivity index (χ3n) is 6.15. The molecule has 1 aromatic heterocycles. The zero-order valence-electron chi connectivity index (χ0n) is 19.4. The van der Waals surface area contributed by atoms with Gasteiger partial charge in [0.25, 0.3) is 11.8 Å². The van der Waals surface area contributed by atoms with E-state index < -0.39 is 11.4 Å². The van der Waals surface area contributed by atoms with Gasteiger partial charge in [0.15, 0.2) is 5.76 Å². The zero-order valence-corrected chi connectivity index (χ0v) is 19.4. The SMILES string of the molecule is O=C(CCCCCN1C(=O)c2ccccc2C1=O)Oc1c(-c2ccccc2)oc2ccccc2c1=O. The molecule has 2 heterocycles. The lowest BCUT2D eigenvalue weighted by Crippen LogP contribution is -2.30. The van der Waals surface area contributed by atoms with Crippen molar-refractivity contribution in [2.24, 2.45) is 0 Å². The number of carbonyl (C=O) groups is 3. The fraction of sp³-hybridized carbons (Fsp3) is 0.172. The Morgan fingerprint density at radius 2 is 1.39 bits per heavy atom. The lowest BCUT2D eigenvalue weighted by molar-refractivity contribution is -0.134. The second-order valence-corrected chi connectivity index (χ2v) is 8.54. The van der Waals surface area contributed by atoms with Crippen molar-refractivity contribution in [3.05, 3.63) is 100 Å². The number of hydrogen-bond donors (Lipinski definition) is 0. The van der Waals surface area contributed by atoms with E-state index in [-0.39, 0.29) is 36.3 Å². The molecule has 0 bridgehead atoms. The number of unbranched alkanes of at least 4 members (excludes halogenated alkanes) is 2. The number of rotatable bonds is 8. The molecule has 0 saturated carbocycles. The number of para-hydroxylation sites is 1. The highest BCUT2D eigenvalue weighted by Gasteiger charge is 2.34. The summed E-state index contributed by atoms with van der Waals surface area (Å²) < 4.78 is 11.5. The minimum Gasteiger partial charge on any atom is -0.452 e. The van der Waals surface area contributed by atoms with E-state index in [1.54, 1.807) is 60.7 Å². The molecule has 0 N–H and O–H groups in total. The van der Waals surface area contributed by atoms with Crippen LogP contribution in [0.3, 0.4) is 0 Å². The molecular weight excluding hydrogens is 458 g/mol. The fourth-order valence-electron chi connectivity index (χ4n) is 4.32. The Morgan fingerprint density at radius 3 is 2.11 bits per heavy atom. The van der Waals surface area contributed by atoms with Crippen molar-refractivity contribution >= 4 is 28.8 Å². The third-order valence-corrected chi connectivity index (χ3v) is 6.15. The Morgan fingerprint density at radius 1 is 0.750 bits per heavy atom. The molecule has 1 aliphatic heterocycles. The molecule has 7 heteroatoms. The molecule has 0 radical (unpaired) electrons. The Hall–Kier alpha value is -4.52. The summed E-state index contributed by atoms with van der Waals surface area (Å²) in [6, 6.07) is 22.6. The summed E-state index contributed by atoms with van der Waals surface area (Å²) in [6.07, 6.45) is 1.75. The lowest BCUT2D eigenvalue weighted by Gasteiger charge is -2.13. The standard InChI is InChI=1S/C29H23NO6/c31-24(17-5-2-10-18-30-28(33)20-13-6-7-14-21(20)29(30)34)36-27-25(32)22-15-8-9-16-23(22)35-26(27)19-11-3-1-4-12-19/h1,3-4,6-9,11-16H,2,5,10,17-18H2. The van der Waals surface area contributed by atoms with Gasteiger partial charge in [-0.2, -0.15) is 0 Å². The summed E-state index contributed by atoms with van der Waals surface area (Å²) in [5.74, 6) is -1.04. The second-order valence-electron chi connectivity index (χ2n) is 8.54. The average molecular weight is 482 g/mol. The van der Waals surface area contributed by atoms with Gasteiger partial charge < -0.3 is 9.15 Å². The summed E-state index contributed by atoms with van der Waals surface area (Å²) in [4.78, 5) is 51.9. The van der Waals surface area contributed by atoms with Crippen LogP contribution in [0.25, 0.3) is 22.3 Å². The minimum absolute atomic E-state index is 0.0859. The van der Waals surface area contributed by atoms with E-state index in [0.29, 0.717) is 46.9 Å². The van der Waals surface area contributed by atoms with Crippen LogP contribution >= 0.6 is 0 Å². The van der Waals surface area contributed by atoms with E-state index >= 15 is 0 Å². The van der Waals surface area contributed by atoms with Gasteiger partial charge in [0, 0.05) is 18.5 Å². The molecule has 0 fully saturated rings. The van der Waals surface area contributed by atoms with Gasteiger partial charge in [0.05, 0.1) is 16.5 Å². The highest BCUT2D eigenvalue weighted by atomic mass is 16.5. The third kappa shape index (κ3) is 4.43. The molecule has 0 atom stereocenters. The Bertz CT molecular complexity index is 1490. The molecule has 5 rings (SSSR count). The van der Waals surface area contributed by atoms with Crippen LogP contribution in [0.2, 0.25) is 0 Å². The monoisotopic (exact) mass is 481 g/mol. The highest BCUT2D eigenvalue weighted by molar-refractivity contribution is 6.21. The molecule has 7 nitrogen and oxygen atoms in total. The molecule has 0 spiro atoms. The van der Waals surface area contributed by atoms with Crippen LogP contribution in [-0.4, -0.2) is 29.2 Å². The van der Waals surface area contributed by atoms with Gasteiger partial charge in [0.2, 0.25) is 11.2 Å². The number of nitrogens with zero attached hydrogens (tertiary/aromatic N) is 1. The highest BCUT2D eigenvalue weighted by Crippen LogP contribution is 2.31. The van der Waals surface area contributed by atoms with Gasteiger partial charge in [-0.25, -0.2) is 0 Å². The van der Waals surface area contributed by atoms with Crippen LogP contribution in [0.5, 0.6) is 5.75 Å². The summed E-state index contributed by atoms with van der Waals surface area (Å²) >= 11 is 0. The topological polar surface area (TPSA) is 93.9 Å². The molecule has 4 aromatic rings. The fourth-order valence-corrected chi connectivity index (χ4v) is 4.32. The first-order chi connectivity index (χ1) is 17.5. The van der Waals surface area contributed by atoms with Gasteiger partial charge in [-0.15, -0.1) is 0 Å². The second kappa shape index (κ2) is 10.00. The molecule has 2 amide bonds. The molecule has 3 aromatic carbocycles. The zero-order chi connectivity index (χ0) is 25.1.